The van der Waals surface area contributed by atoms with E-state index in [1.807, 2.05) is 6.08 Å². The lowest BCUT2D eigenvalue weighted by atomic mass is 10.3. The van der Waals surface area contributed by atoms with Crippen molar-refractivity contribution in [2.45, 2.75) is 10.8 Å². The summed E-state index contributed by atoms with van der Waals surface area (Å²) in [6.07, 6.45) is 10.6. The molecule has 3 heterocycles. The molecule has 3 rings (SSSR count). The van der Waals surface area contributed by atoms with Crippen molar-refractivity contribution in [1.82, 2.24) is 19.9 Å². The Hall–Kier alpha value is -1.57. The number of carbonyl (C=O) groups excluding carboxylic acids is 1. The summed E-state index contributed by atoms with van der Waals surface area (Å²) < 4.78 is 3.22. The van der Waals surface area contributed by atoms with Crippen LogP contribution in [-0.2, 0) is 4.79 Å². The fourth-order valence-electron chi connectivity index (χ4n) is 1.74. The van der Waals surface area contributed by atoms with Crippen LogP contribution in [0.3, 0.4) is 0 Å². The number of alkyl halides is 1. The molecule has 1 N–H and O–H groups in total. The minimum Gasteiger partial charge on any atom is -0.317 e. The highest BCUT2D eigenvalue weighted by atomic mass is 127. The Morgan fingerprint density at radius 2 is 2.33 bits per heavy atom. The number of carbonyl (C=O) groups is 1. The van der Waals surface area contributed by atoms with E-state index in [2.05, 4.69) is 22.3 Å². The predicted octanol–water partition coefficient (Wildman–Crippen LogP) is 1.25. The maximum absolute atomic E-state index is 11.6. The lowest BCUT2D eigenvalue weighted by Gasteiger charge is -2.05. The van der Waals surface area contributed by atoms with Crippen LogP contribution in [0.5, 0.6) is 0 Å². The van der Waals surface area contributed by atoms with Crippen LogP contribution in [0.15, 0.2) is 36.9 Å². The molecule has 0 saturated heterocycles. The lowest BCUT2D eigenvalue weighted by molar-refractivity contribution is -0.115. The fraction of sp³-hybridized carbons (Fsp3) is 0.167. The van der Waals surface area contributed by atoms with Gasteiger partial charge in [0.1, 0.15) is 0 Å². The third-order valence-corrected chi connectivity index (χ3v) is 5.46. The van der Waals surface area contributed by atoms with Gasteiger partial charge < -0.3 is 5.32 Å². The van der Waals surface area contributed by atoms with E-state index in [4.69, 9.17) is 0 Å². The second-order valence-electron chi connectivity index (χ2n) is 3.91. The van der Waals surface area contributed by atoms with Crippen LogP contribution in [0.25, 0.3) is 5.52 Å². The van der Waals surface area contributed by atoms with Gasteiger partial charge in [-0.05, 0) is 0 Å². The summed E-state index contributed by atoms with van der Waals surface area (Å²) in [7, 11) is 0. The summed E-state index contributed by atoms with van der Waals surface area (Å²) in [6.45, 7) is 2.13. The number of nitrogens with one attached hydrogen (secondary N) is 1. The molecule has 0 spiro atoms. The molecule has 0 unspecified atom stereocenters. The van der Waals surface area contributed by atoms with Crippen LogP contribution in [0.1, 0.15) is 12.5 Å². The molecule has 1 aliphatic heterocycles. The molecule has 0 fully saturated rings. The van der Waals surface area contributed by atoms with Crippen molar-refractivity contribution in [1.29, 1.82) is 0 Å². The first kappa shape index (κ1) is 11.5. The van der Waals surface area contributed by atoms with E-state index in [1.165, 1.54) is 0 Å². The van der Waals surface area contributed by atoms with Gasteiger partial charge in [-0.3, -0.25) is 9.78 Å². The molecule has 1 atom stereocenters. The molecular formula is C12H11IN4O. The quantitative estimate of drug-likeness (QED) is 0.620. The van der Waals surface area contributed by atoms with E-state index in [1.54, 1.807) is 35.4 Å². The summed E-state index contributed by atoms with van der Waals surface area (Å²) in [5.74, 6) is -0.0581. The van der Waals surface area contributed by atoms with E-state index in [9.17, 15) is 4.79 Å². The number of halogens is 1. The molecule has 18 heavy (non-hydrogen) atoms. The van der Waals surface area contributed by atoms with Crippen molar-refractivity contribution >= 4 is 35.8 Å². The molecule has 0 radical (unpaired) electrons. The molecule has 6 heteroatoms. The summed E-state index contributed by atoms with van der Waals surface area (Å²) in [5, 5.41) is 7.24. The molecule has 5 nitrogen and oxygen atoms in total. The maximum Gasteiger partial charge on any atom is 0.248 e. The van der Waals surface area contributed by atoms with Gasteiger partial charge >= 0.3 is 0 Å². The van der Waals surface area contributed by atoms with Crippen molar-refractivity contribution in [3.8, 4) is 0 Å². The second kappa shape index (κ2) is 4.60. The first-order valence-corrected chi connectivity index (χ1v) is 7.84. The number of rotatable bonds is 1. The van der Waals surface area contributed by atoms with Crippen molar-refractivity contribution in [3.63, 3.8) is 0 Å². The molecule has 0 aromatic carbocycles. The van der Waals surface area contributed by atoms with Gasteiger partial charge in [-0.25, -0.2) is 4.52 Å². The highest BCUT2D eigenvalue weighted by molar-refractivity contribution is 14.2. The van der Waals surface area contributed by atoms with E-state index in [0.29, 0.717) is 3.92 Å². The zero-order chi connectivity index (χ0) is 12.5. The van der Waals surface area contributed by atoms with E-state index in [-0.39, 0.29) is 26.6 Å². The van der Waals surface area contributed by atoms with Crippen LogP contribution in [0.2, 0.25) is 0 Å². The van der Waals surface area contributed by atoms with Gasteiger partial charge in [-0.15, -0.1) is 0 Å². The average molecular weight is 354 g/mol. The third-order valence-electron chi connectivity index (χ3n) is 2.59. The molecule has 1 amide bonds. The largest absolute Gasteiger partial charge is 0.317 e. The Balaban J connectivity index is 2.12. The molecule has 2 aromatic rings. The Morgan fingerprint density at radius 1 is 1.44 bits per heavy atom. The van der Waals surface area contributed by atoms with Gasteiger partial charge in [0.25, 0.3) is 0 Å². The van der Waals surface area contributed by atoms with Gasteiger partial charge in [0.05, 0.1) is 27.1 Å². The number of aromatic nitrogens is 3. The van der Waals surface area contributed by atoms with Crippen LogP contribution in [-0.4, -0.2) is 28.1 Å². The number of hydrogen-bond donors (Lipinski definition) is 1. The van der Waals surface area contributed by atoms with Crippen molar-refractivity contribution in [2.75, 3.05) is 0 Å². The molecule has 0 bridgehead atoms. The number of fused-ring (bicyclic) bond motifs is 1. The number of hydrogen-bond acceptors (Lipinski definition) is 3. The van der Waals surface area contributed by atoms with Gasteiger partial charge in [-0.1, -0.05) is 33.7 Å². The van der Waals surface area contributed by atoms with Crippen LogP contribution >= 0.6 is 20.7 Å². The Kier molecular flexibility index (Phi) is 2.94. The minimum atomic E-state index is -0.279. The normalized spacial score (nSPS) is 19.9. The standard InChI is InChI=1S/C12H11IN4O/c1-8-2-3-11(18)16-12(13-8)9-6-15-17-5-4-14-7-10(9)17/h2-8H,1H3,(H,16,18)/t8-/m1/s1. The van der Waals surface area contributed by atoms with Crippen molar-refractivity contribution in [2.24, 2.45) is 0 Å². The first-order chi connectivity index (χ1) is 8.74. The number of allylic oxidation sites excluding steroid dienone is 1. The average Bonchev–Trinajstić information content (AvgIpc) is 2.72. The van der Waals surface area contributed by atoms with Gasteiger partial charge in [0.2, 0.25) is 5.91 Å². The third kappa shape index (κ3) is 2.07. The summed E-state index contributed by atoms with van der Waals surface area (Å²) >= 11 is -0.279. The van der Waals surface area contributed by atoms with Crippen molar-refractivity contribution in [3.05, 3.63) is 42.5 Å². The Bertz CT molecular complexity index is 674. The predicted molar refractivity (Wildman–Crippen MR) is 77.9 cm³/mol. The fourth-order valence-corrected chi connectivity index (χ4v) is 4.31. The van der Waals surface area contributed by atoms with Crippen LogP contribution in [0, 0.1) is 0 Å². The molecule has 92 valence electrons. The summed E-state index contributed by atoms with van der Waals surface area (Å²) in [4.78, 5) is 15.7. The smallest absolute Gasteiger partial charge is 0.248 e. The summed E-state index contributed by atoms with van der Waals surface area (Å²) in [6, 6.07) is 0. The zero-order valence-electron chi connectivity index (χ0n) is 9.67. The minimum absolute atomic E-state index is 0.0581. The van der Waals surface area contributed by atoms with Crippen LogP contribution in [0.4, 0.5) is 0 Å². The Morgan fingerprint density at radius 3 is 3.22 bits per heavy atom. The van der Waals surface area contributed by atoms with E-state index >= 15 is 0 Å². The van der Waals surface area contributed by atoms with E-state index < -0.39 is 0 Å². The maximum atomic E-state index is 11.6. The van der Waals surface area contributed by atoms with Gasteiger partial charge in [-0.2, -0.15) is 5.10 Å². The second-order valence-corrected chi connectivity index (χ2v) is 7.58. The molecule has 2 aromatic heterocycles. The van der Waals surface area contributed by atoms with Gasteiger partial charge in [0.15, 0.2) is 0 Å². The Labute approximate surface area is 114 Å². The van der Waals surface area contributed by atoms with Crippen molar-refractivity contribution < 1.29 is 4.79 Å². The first-order valence-electron chi connectivity index (χ1n) is 5.51. The van der Waals surface area contributed by atoms with Crippen LogP contribution < -0.4 is 5.32 Å². The highest BCUT2D eigenvalue weighted by Gasteiger charge is 2.15. The molecule has 1 aliphatic rings. The molecular weight excluding hydrogens is 343 g/mol. The monoisotopic (exact) mass is 354 g/mol. The number of nitrogens with zero attached hydrogens (tertiary/aromatic N) is 3. The number of amides is 1. The summed E-state index contributed by atoms with van der Waals surface area (Å²) in [5.41, 5.74) is 1.92. The SMILES string of the molecule is C[C@@H]1C=CC(=O)NC(c2cnn3ccncc23)=I1. The highest BCUT2D eigenvalue weighted by Crippen LogP contribution is 2.20. The molecule has 0 aliphatic carbocycles. The topological polar surface area (TPSA) is 59.3 Å². The van der Waals surface area contributed by atoms with E-state index in [0.717, 1.165) is 14.7 Å². The zero-order valence-corrected chi connectivity index (χ0v) is 11.8. The van der Waals surface area contributed by atoms with Gasteiger partial charge in [0, 0.05) is 22.4 Å². The lowest BCUT2D eigenvalue weighted by Crippen LogP contribution is -2.27. The molecule has 0 saturated carbocycles.